The third kappa shape index (κ3) is 2.75. The van der Waals surface area contributed by atoms with Gasteiger partial charge in [0.05, 0.1) is 22.3 Å². The minimum Gasteiger partial charge on any atom is -0.314 e. The number of hydrogen-bond acceptors (Lipinski definition) is 5. The molecule has 4 rings (SSSR count). The number of fused-ring (bicyclic) bond motifs is 1. The van der Waals surface area contributed by atoms with Crippen LogP contribution in [0.5, 0.6) is 0 Å². The van der Waals surface area contributed by atoms with E-state index in [1.54, 1.807) is 30.7 Å². The fourth-order valence-electron chi connectivity index (χ4n) is 3.07. The molecular weight excluding hydrogens is 344 g/mol. The highest BCUT2D eigenvalue weighted by molar-refractivity contribution is 8.13. The molecule has 0 radical (unpaired) electrons. The SMILES string of the molecule is N#Cc1cc2c(C#N)ccc(-c3cnccc3SC(=O)C3CCC3)n2c1. The van der Waals surface area contributed by atoms with Crippen LogP contribution < -0.4 is 0 Å². The predicted molar refractivity (Wildman–Crippen MR) is 98.3 cm³/mol. The number of nitriles is 2. The lowest BCUT2D eigenvalue weighted by molar-refractivity contribution is -0.116. The van der Waals surface area contributed by atoms with Crippen LogP contribution in [0.1, 0.15) is 30.4 Å². The lowest BCUT2D eigenvalue weighted by Crippen LogP contribution is -2.19. The summed E-state index contributed by atoms with van der Waals surface area (Å²) in [6.07, 6.45) is 8.17. The van der Waals surface area contributed by atoms with Crippen molar-refractivity contribution in [3.63, 3.8) is 0 Å². The molecular formula is C20H14N4OS. The van der Waals surface area contributed by atoms with Crippen molar-refractivity contribution in [2.45, 2.75) is 24.2 Å². The smallest absolute Gasteiger partial charge is 0.196 e. The number of thioether (sulfide) groups is 1. The summed E-state index contributed by atoms with van der Waals surface area (Å²) in [6.45, 7) is 0. The minimum absolute atomic E-state index is 0.152. The van der Waals surface area contributed by atoms with Gasteiger partial charge in [-0.2, -0.15) is 10.5 Å². The van der Waals surface area contributed by atoms with Crippen LogP contribution in [0.15, 0.2) is 47.8 Å². The Morgan fingerprint density at radius 2 is 2.08 bits per heavy atom. The molecule has 3 aromatic heterocycles. The number of carbonyl (C=O) groups excluding carboxylic acids is 1. The number of pyridine rings is 2. The second kappa shape index (κ2) is 6.67. The summed E-state index contributed by atoms with van der Waals surface area (Å²) in [5.74, 6) is 0.152. The quantitative estimate of drug-likeness (QED) is 0.657. The van der Waals surface area contributed by atoms with E-state index in [-0.39, 0.29) is 11.0 Å². The van der Waals surface area contributed by atoms with Crippen LogP contribution in [0.2, 0.25) is 0 Å². The maximum Gasteiger partial charge on any atom is 0.196 e. The summed E-state index contributed by atoms with van der Waals surface area (Å²) in [7, 11) is 0. The summed E-state index contributed by atoms with van der Waals surface area (Å²) in [4.78, 5) is 17.5. The molecule has 126 valence electrons. The molecule has 1 aliphatic rings. The Hall–Kier alpha value is -3.09. The molecule has 1 fully saturated rings. The van der Waals surface area contributed by atoms with Crippen molar-refractivity contribution in [2.24, 2.45) is 5.92 Å². The van der Waals surface area contributed by atoms with E-state index < -0.39 is 0 Å². The van der Waals surface area contributed by atoms with Gasteiger partial charge in [0.25, 0.3) is 0 Å². The molecule has 26 heavy (non-hydrogen) atoms. The van der Waals surface area contributed by atoms with E-state index in [0.717, 1.165) is 35.4 Å². The molecule has 0 aromatic carbocycles. The number of hydrogen-bond donors (Lipinski definition) is 0. The Balaban J connectivity index is 1.83. The van der Waals surface area contributed by atoms with Gasteiger partial charge in [-0.25, -0.2) is 0 Å². The zero-order valence-corrected chi connectivity index (χ0v) is 14.7. The maximum absolute atomic E-state index is 12.4. The molecule has 0 aliphatic heterocycles. The Morgan fingerprint density at radius 1 is 1.23 bits per heavy atom. The highest BCUT2D eigenvalue weighted by atomic mass is 32.2. The molecule has 3 aromatic rings. The van der Waals surface area contributed by atoms with E-state index in [2.05, 4.69) is 17.1 Å². The Bertz CT molecular complexity index is 1100. The second-order valence-corrected chi connectivity index (χ2v) is 7.31. The zero-order valence-electron chi connectivity index (χ0n) is 13.8. The van der Waals surface area contributed by atoms with Crippen molar-refractivity contribution in [1.82, 2.24) is 9.38 Å². The summed E-state index contributed by atoms with van der Waals surface area (Å²) in [5, 5.41) is 18.8. The van der Waals surface area contributed by atoms with Gasteiger partial charge >= 0.3 is 0 Å². The first-order chi connectivity index (χ1) is 12.7. The van der Waals surface area contributed by atoms with Crippen LogP contribution >= 0.6 is 11.8 Å². The molecule has 3 heterocycles. The first-order valence-electron chi connectivity index (χ1n) is 8.32. The first-order valence-corrected chi connectivity index (χ1v) is 9.14. The second-order valence-electron chi connectivity index (χ2n) is 6.26. The third-order valence-corrected chi connectivity index (χ3v) is 5.83. The van der Waals surface area contributed by atoms with Crippen LogP contribution in [-0.4, -0.2) is 14.5 Å². The fraction of sp³-hybridized carbons (Fsp3) is 0.200. The van der Waals surface area contributed by atoms with E-state index >= 15 is 0 Å². The normalized spacial score (nSPS) is 13.8. The molecule has 6 heteroatoms. The minimum atomic E-state index is 0.152. The van der Waals surface area contributed by atoms with Crippen molar-refractivity contribution >= 4 is 22.4 Å². The average molecular weight is 358 g/mol. The molecule has 1 saturated carbocycles. The van der Waals surface area contributed by atoms with E-state index in [1.165, 1.54) is 11.8 Å². The molecule has 5 nitrogen and oxygen atoms in total. The Morgan fingerprint density at radius 3 is 2.77 bits per heavy atom. The molecule has 0 unspecified atom stereocenters. The Kier molecular flexibility index (Phi) is 4.20. The highest BCUT2D eigenvalue weighted by Gasteiger charge is 2.26. The van der Waals surface area contributed by atoms with Crippen molar-refractivity contribution in [3.8, 4) is 23.4 Å². The van der Waals surface area contributed by atoms with Crippen molar-refractivity contribution in [3.05, 3.63) is 54.0 Å². The fourth-order valence-corrected chi connectivity index (χ4v) is 4.09. The van der Waals surface area contributed by atoms with Crippen LogP contribution in [0.4, 0.5) is 0 Å². The molecule has 0 N–H and O–H groups in total. The standard InChI is InChI=1S/C20H14N4OS/c21-9-13-8-18-15(10-22)4-5-17(24(18)12-13)16-11-23-7-6-19(16)26-20(25)14-2-1-3-14/h4-8,11-12,14H,1-3H2. The molecule has 0 amide bonds. The molecule has 0 atom stereocenters. The molecule has 1 aliphatic carbocycles. The van der Waals surface area contributed by atoms with Gasteiger partial charge < -0.3 is 4.40 Å². The predicted octanol–water partition coefficient (Wildman–Crippen LogP) is 4.16. The largest absolute Gasteiger partial charge is 0.314 e. The van der Waals surface area contributed by atoms with Crippen LogP contribution in [-0.2, 0) is 4.79 Å². The van der Waals surface area contributed by atoms with Crippen LogP contribution in [0, 0.1) is 28.6 Å². The third-order valence-electron chi connectivity index (χ3n) is 4.72. The number of carbonyl (C=O) groups is 1. The summed E-state index contributed by atoms with van der Waals surface area (Å²) in [5.41, 5.74) is 3.28. The van der Waals surface area contributed by atoms with E-state index in [4.69, 9.17) is 0 Å². The van der Waals surface area contributed by atoms with E-state index in [0.29, 0.717) is 16.6 Å². The van der Waals surface area contributed by atoms with Gasteiger partial charge in [-0.05, 0) is 37.1 Å². The van der Waals surface area contributed by atoms with Crippen LogP contribution in [0.25, 0.3) is 16.8 Å². The summed E-state index contributed by atoms with van der Waals surface area (Å²) >= 11 is 1.26. The van der Waals surface area contributed by atoms with Crippen LogP contribution in [0.3, 0.4) is 0 Å². The number of rotatable bonds is 3. The lowest BCUT2D eigenvalue weighted by Gasteiger charge is -2.23. The number of nitrogens with zero attached hydrogens (tertiary/aromatic N) is 4. The Labute approximate surface area is 154 Å². The van der Waals surface area contributed by atoms with Gasteiger partial charge in [0.15, 0.2) is 5.12 Å². The highest BCUT2D eigenvalue weighted by Crippen LogP contribution is 2.38. The lowest BCUT2D eigenvalue weighted by atomic mass is 9.87. The van der Waals surface area contributed by atoms with Gasteiger partial charge in [-0.1, -0.05) is 18.2 Å². The number of aromatic nitrogens is 2. The zero-order chi connectivity index (χ0) is 18.1. The van der Waals surface area contributed by atoms with Gasteiger partial charge in [-0.3, -0.25) is 9.78 Å². The first kappa shape index (κ1) is 16.4. The van der Waals surface area contributed by atoms with Gasteiger partial charge in [0.1, 0.15) is 12.1 Å². The van der Waals surface area contributed by atoms with Crippen molar-refractivity contribution in [1.29, 1.82) is 10.5 Å². The van der Waals surface area contributed by atoms with Gasteiger partial charge in [-0.15, -0.1) is 0 Å². The topological polar surface area (TPSA) is 81.9 Å². The monoisotopic (exact) mass is 358 g/mol. The average Bonchev–Trinajstić information content (AvgIpc) is 3.04. The summed E-state index contributed by atoms with van der Waals surface area (Å²) < 4.78 is 1.83. The van der Waals surface area contributed by atoms with Crippen molar-refractivity contribution in [2.75, 3.05) is 0 Å². The van der Waals surface area contributed by atoms with Gasteiger partial charge in [0, 0.05) is 35.0 Å². The molecule has 0 saturated heterocycles. The molecule has 0 bridgehead atoms. The molecule has 0 spiro atoms. The summed E-state index contributed by atoms with van der Waals surface area (Å²) in [6, 6.07) is 11.4. The van der Waals surface area contributed by atoms with Crippen molar-refractivity contribution < 1.29 is 4.79 Å². The van der Waals surface area contributed by atoms with E-state index in [9.17, 15) is 15.3 Å². The van der Waals surface area contributed by atoms with E-state index in [1.807, 2.05) is 16.5 Å². The van der Waals surface area contributed by atoms with Gasteiger partial charge in [0.2, 0.25) is 0 Å². The maximum atomic E-state index is 12.4.